The lowest BCUT2D eigenvalue weighted by atomic mass is 10.3. The van der Waals surface area contributed by atoms with Crippen LogP contribution in [-0.4, -0.2) is 21.0 Å². The van der Waals surface area contributed by atoms with E-state index in [0.717, 1.165) is 11.0 Å². The number of urea groups is 1. The van der Waals surface area contributed by atoms with Crippen LogP contribution in [0.25, 0.3) is 21.3 Å². The lowest BCUT2D eigenvalue weighted by Crippen LogP contribution is -2.31. The molecule has 1 unspecified atom stereocenters. The number of rotatable bonds is 3. The van der Waals surface area contributed by atoms with E-state index in [0.29, 0.717) is 15.7 Å². The van der Waals surface area contributed by atoms with Crippen LogP contribution < -0.4 is 10.6 Å². The van der Waals surface area contributed by atoms with Crippen LogP contribution in [0.5, 0.6) is 0 Å². The van der Waals surface area contributed by atoms with Crippen molar-refractivity contribution in [1.82, 2.24) is 20.3 Å². The maximum absolute atomic E-state index is 13.7. The fourth-order valence-electron chi connectivity index (χ4n) is 2.54. The highest BCUT2D eigenvalue weighted by Crippen LogP contribution is 2.27. The van der Waals surface area contributed by atoms with E-state index in [1.54, 1.807) is 12.1 Å². The number of benzene rings is 2. The Bertz CT molecular complexity index is 1040. The molecular weight excluding hydrogens is 341 g/mol. The van der Waals surface area contributed by atoms with Gasteiger partial charge >= 0.3 is 6.03 Å². The smallest absolute Gasteiger partial charge is 0.321 e. The summed E-state index contributed by atoms with van der Waals surface area (Å²) < 4.78 is 14.4. The number of fused-ring (bicyclic) bond motifs is 2. The van der Waals surface area contributed by atoms with Crippen molar-refractivity contribution in [2.75, 3.05) is 5.32 Å². The van der Waals surface area contributed by atoms with Gasteiger partial charge in [-0.2, -0.15) is 0 Å². The zero-order valence-electron chi connectivity index (χ0n) is 13.2. The third-order valence-electron chi connectivity index (χ3n) is 3.76. The normalized spacial score (nSPS) is 12.4. The Morgan fingerprint density at radius 3 is 2.84 bits per heavy atom. The fraction of sp³-hybridized carbons (Fsp3) is 0.118. The monoisotopic (exact) mass is 355 g/mol. The van der Waals surface area contributed by atoms with E-state index in [9.17, 15) is 9.18 Å². The molecule has 126 valence electrons. The highest BCUT2D eigenvalue weighted by molar-refractivity contribution is 7.22. The van der Waals surface area contributed by atoms with E-state index in [4.69, 9.17) is 0 Å². The number of amides is 2. The van der Waals surface area contributed by atoms with Gasteiger partial charge < -0.3 is 10.3 Å². The van der Waals surface area contributed by atoms with Crippen LogP contribution in [0.3, 0.4) is 0 Å². The predicted octanol–water partition coefficient (Wildman–Crippen LogP) is 4.19. The summed E-state index contributed by atoms with van der Waals surface area (Å²) in [7, 11) is 0. The van der Waals surface area contributed by atoms with Crippen LogP contribution in [0.1, 0.15) is 18.8 Å². The summed E-state index contributed by atoms with van der Waals surface area (Å²) in [5.74, 6) is 0.254. The molecule has 1 atom stereocenters. The van der Waals surface area contributed by atoms with Gasteiger partial charge in [0.1, 0.15) is 17.2 Å². The van der Waals surface area contributed by atoms with Crippen molar-refractivity contribution in [2.24, 2.45) is 0 Å². The molecule has 2 aromatic carbocycles. The minimum atomic E-state index is -0.424. The summed E-state index contributed by atoms with van der Waals surface area (Å²) in [6, 6.07) is 11.6. The molecule has 2 heterocycles. The molecule has 2 aromatic heterocycles. The lowest BCUT2D eigenvalue weighted by molar-refractivity contribution is 0.249. The quantitative estimate of drug-likeness (QED) is 0.515. The molecule has 4 rings (SSSR count). The predicted molar refractivity (Wildman–Crippen MR) is 96.2 cm³/mol. The topological polar surface area (TPSA) is 82.7 Å². The van der Waals surface area contributed by atoms with Crippen LogP contribution in [0, 0.1) is 5.82 Å². The lowest BCUT2D eigenvalue weighted by Gasteiger charge is -2.11. The third-order valence-corrected chi connectivity index (χ3v) is 4.69. The molecule has 0 bridgehead atoms. The number of hydrogen-bond acceptors (Lipinski definition) is 4. The maximum Gasteiger partial charge on any atom is 0.321 e. The molecule has 0 saturated carbocycles. The Hall–Kier alpha value is -3.00. The van der Waals surface area contributed by atoms with Gasteiger partial charge in [0.05, 0.1) is 21.8 Å². The average Bonchev–Trinajstić information content (AvgIpc) is 3.18. The highest BCUT2D eigenvalue weighted by Gasteiger charge is 2.15. The Morgan fingerprint density at radius 1 is 1.20 bits per heavy atom. The van der Waals surface area contributed by atoms with Gasteiger partial charge in [-0.25, -0.2) is 19.2 Å². The number of carbonyl (C=O) groups is 1. The zero-order valence-corrected chi connectivity index (χ0v) is 14.0. The largest absolute Gasteiger partial charge is 0.340 e. The standard InChI is InChI=1S/C17H14FN5OS/c1-9(15-20-11-6-2-3-7-12(11)21-15)19-16(24)23-17-22-14-10(18)5-4-8-13(14)25-17/h2-9H,1H3,(H,20,21)(H2,19,22,23,24). The summed E-state index contributed by atoms with van der Waals surface area (Å²) >= 11 is 1.22. The van der Waals surface area contributed by atoms with Crippen molar-refractivity contribution in [1.29, 1.82) is 0 Å². The van der Waals surface area contributed by atoms with Crippen LogP contribution in [0.2, 0.25) is 0 Å². The number of nitrogens with one attached hydrogen (secondary N) is 3. The third kappa shape index (κ3) is 3.03. The van der Waals surface area contributed by atoms with Gasteiger partial charge in [0.25, 0.3) is 0 Å². The summed E-state index contributed by atoms with van der Waals surface area (Å²) in [5.41, 5.74) is 2.01. The number of thiazole rings is 1. The van der Waals surface area contributed by atoms with E-state index in [1.807, 2.05) is 31.2 Å². The molecule has 0 saturated heterocycles. The van der Waals surface area contributed by atoms with Crippen molar-refractivity contribution >= 4 is 43.7 Å². The zero-order chi connectivity index (χ0) is 17.4. The summed E-state index contributed by atoms with van der Waals surface area (Å²) in [4.78, 5) is 23.9. The van der Waals surface area contributed by atoms with E-state index in [1.165, 1.54) is 17.4 Å². The SMILES string of the molecule is CC(NC(=O)Nc1nc2c(F)cccc2s1)c1nc2ccccc2[nH]1. The number of anilines is 1. The first-order valence-electron chi connectivity index (χ1n) is 7.67. The van der Waals surface area contributed by atoms with E-state index in [2.05, 4.69) is 25.6 Å². The number of imidazole rings is 1. The number of aromatic nitrogens is 3. The summed E-state index contributed by atoms with van der Waals surface area (Å²) in [6.45, 7) is 1.83. The number of hydrogen-bond donors (Lipinski definition) is 3. The van der Waals surface area contributed by atoms with Crippen molar-refractivity contribution < 1.29 is 9.18 Å². The van der Waals surface area contributed by atoms with E-state index < -0.39 is 11.8 Å². The van der Waals surface area contributed by atoms with Gasteiger partial charge in [-0.1, -0.05) is 29.5 Å². The molecule has 0 fully saturated rings. The molecule has 0 aliphatic heterocycles. The Kier molecular flexibility index (Phi) is 3.81. The summed E-state index contributed by atoms with van der Waals surface area (Å²) in [5, 5.41) is 5.78. The second kappa shape index (κ2) is 6.14. The second-order valence-electron chi connectivity index (χ2n) is 5.56. The van der Waals surface area contributed by atoms with Crippen molar-refractivity contribution in [2.45, 2.75) is 13.0 Å². The van der Waals surface area contributed by atoms with Crippen molar-refractivity contribution in [3.63, 3.8) is 0 Å². The van der Waals surface area contributed by atoms with Gasteiger partial charge in [-0.15, -0.1) is 0 Å². The number of carbonyl (C=O) groups excluding carboxylic acids is 1. The van der Waals surface area contributed by atoms with E-state index >= 15 is 0 Å². The Morgan fingerprint density at radius 2 is 2.04 bits per heavy atom. The molecule has 0 aliphatic rings. The first-order valence-corrected chi connectivity index (χ1v) is 8.49. The van der Waals surface area contributed by atoms with Crippen molar-refractivity contribution in [3.05, 3.63) is 54.1 Å². The molecule has 0 spiro atoms. The molecule has 4 aromatic rings. The molecule has 6 nitrogen and oxygen atoms in total. The molecule has 0 radical (unpaired) electrons. The Balaban J connectivity index is 1.48. The first-order chi connectivity index (χ1) is 12.1. The van der Waals surface area contributed by atoms with Gasteiger partial charge in [0.15, 0.2) is 5.13 Å². The van der Waals surface area contributed by atoms with Crippen LogP contribution in [0.4, 0.5) is 14.3 Å². The first kappa shape index (κ1) is 15.5. The molecule has 8 heteroatoms. The van der Waals surface area contributed by atoms with Crippen LogP contribution >= 0.6 is 11.3 Å². The van der Waals surface area contributed by atoms with Crippen molar-refractivity contribution in [3.8, 4) is 0 Å². The van der Waals surface area contributed by atoms with Gasteiger partial charge in [-0.3, -0.25) is 5.32 Å². The fourth-order valence-corrected chi connectivity index (χ4v) is 3.42. The van der Waals surface area contributed by atoms with E-state index in [-0.39, 0.29) is 11.6 Å². The van der Waals surface area contributed by atoms with Gasteiger partial charge in [0.2, 0.25) is 0 Å². The number of aromatic amines is 1. The molecular formula is C17H14FN5OS. The molecule has 3 N–H and O–H groups in total. The number of para-hydroxylation sites is 3. The molecule has 0 aliphatic carbocycles. The minimum Gasteiger partial charge on any atom is -0.340 e. The van der Waals surface area contributed by atoms with Crippen LogP contribution in [-0.2, 0) is 0 Å². The highest BCUT2D eigenvalue weighted by atomic mass is 32.1. The Labute approximate surface area is 146 Å². The molecule has 2 amide bonds. The minimum absolute atomic E-state index is 0.258. The van der Waals surface area contributed by atoms with Crippen LogP contribution in [0.15, 0.2) is 42.5 Å². The second-order valence-corrected chi connectivity index (χ2v) is 6.60. The van der Waals surface area contributed by atoms with Gasteiger partial charge in [-0.05, 0) is 31.2 Å². The molecule has 25 heavy (non-hydrogen) atoms. The number of halogens is 1. The number of nitrogens with zero attached hydrogens (tertiary/aromatic N) is 2. The summed E-state index contributed by atoms with van der Waals surface area (Å²) in [6.07, 6.45) is 0. The van der Waals surface area contributed by atoms with Gasteiger partial charge in [0, 0.05) is 0 Å². The maximum atomic E-state index is 13.7. The number of H-pyrrole nitrogens is 1. The average molecular weight is 355 g/mol.